The molecular formula is C57H54BIrN2O4S. The van der Waals surface area contributed by atoms with Crippen LogP contribution in [0.1, 0.15) is 79.7 Å². The van der Waals surface area contributed by atoms with Gasteiger partial charge in [-0.25, -0.2) is 0 Å². The fourth-order valence-electron chi connectivity index (χ4n) is 8.80. The van der Waals surface area contributed by atoms with Crippen molar-refractivity contribution in [2.75, 3.05) is 0 Å². The number of aromatic nitrogens is 2. The predicted octanol–water partition coefficient (Wildman–Crippen LogP) is 13.2. The number of thiophene rings is 1. The van der Waals surface area contributed by atoms with Crippen molar-refractivity contribution in [3.63, 3.8) is 0 Å². The first kappa shape index (κ1) is 48.1. The smallest absolute Gasteiger partial charge is 0.512 e. The van der Waals surface area contributed by atoms with E-state index < -0.39 is 0 Å². The average molecular weight is 1070 g/mol. The number of hydrogen-bond donors (Lipinski definition) is 1. The van der Waals surface area contributed by atoms with Crippen molar-refractivity contribution < 1.29 is 39.5 Å². The molecule has 0 unspecified atom stereocenters. The van der Waals surface area contributed by atoms with Crippen molar-refractivity contribution in [2.45, 2.75) is 79.6 Å². The molecule has 0 atom stereocenters. The van der Waals surface area contributed by atoms with Crippen LogP contribution in [0, 0.1) is 30.2 Å². The third-order valence-corrected chi connectivity index (χ3v) is 13.5. The molecule has 0 aliphatic carbocycles. The minimum Gasteiger partial charge on any atom is -0.512 e. The van der Waals surface area contributed by atoms with Gasteiger partial charge >= 0.3 is 20.1 Å². The molecule has 2 aliphatic heterocycles. The van der Waals surface area contributed by atoms with Crippen molar-refractivity contribution >= 4 is 61.1 Å². The zero-order chi connectivity index (χ0) is 45.7. The monoisotopic (exact) mass is 1070 g/mol. The van der Waals surface area contributed by atoms with Gasteiger partial charge in [0.15, 0.2) is 10.8 Å². The summed E-state index contributed by atoms with van der Waals surface area (Å²) in [4.78, 5) is 20.7. The number of benzene rings is 5. The molecule has 66 heavy (non-hydrogen) atoms. The van der Waals surface area contributed by atoms with E-state index in [1.807, 2.05) is 107 Å². The summed E-state index contributed by atoms with van der Waals surface area (Å²) >= 11 is 1.66. The third kappa shape index (κ3) is 9.95. The third-order valence-electron chi connectivity index (χ3n) is 12.4. The van der Waals surface area contributed by atoms with Crippen LogP contribution in [0.4, 0.5) is 0 Å². The van der Waals surface area contributed by atoms with Gasteiger partial charge in [0.1, 0.15) is 17.2 Å². The topological polar surface area (TPSA) is 81.5 Å². The van der Waals surface area contributed by atoms with Gasteiger partial charge in [-0.3, -0.25) is 4.79 Å². The van der Waals surface area contributed by atoms with Crippen LogP contribution in [0.25, 0.3) is 43.4 Å². The van der Waals surface area contributed by atoms with Crippen molar-refractivity contribution in [1.82, 2.24) is 9.97 Å². The zero-order valence-corrected chi connectivity index (χ0v) is 41.8. The van der Waals surface area contributed by atoms with Crippen LogP contribution in [-0.4, -0.2) is 27.6 Å². The van der Waals surface area contributed by atoms with Crippen LogP contribution < -0.4 is 25.9 Å². The first-order valence-electron chi connectivity index (χ1n) is 22.7. The normalized spacial score (nSPS) is 12.4. The number of allylic oxidation sites excluding steroid dienone is 2. The van der Waals surface area contributed by atoms with Crippen LogP contribution >= 0.6 is 11.3 Å². The Morgan fingerprint density at radius 3 is 2.15 bits per heavy atom. The maximum absolute atomic E-state index is 11.7. The Hall–Kier alpha value is -5.86. The summed E-state index contributed by atoms with van der Waals surface area (Å²) in [6.45, 7) is 14.9. The number of aliphatic hydroxyl groups excluding tert-OH is 1. The summed E-state index contributed by atoms with van der Waals surface area (Å²) in [5.74, 6) is 3.15. The Morgan fingerprint density at radius 1 is 0.773 bits per heavy atom. The van der Waals surface area contributed by atoms with E-state index in [-0.39, 0.29) is 55.6 Å². The average Bonchev–Trinajstić information content (AvgIpc) is 3.71. The van der Waals surface area contributed by atoms with Crippen LogP contribution in [0.2, 0.25) is 0 Å². The molecule has 0 spiro atoms. The molecule has 2 aliphatic rings. The standard InChI is InChI=1S/C33H22BNO2S.C13H24O2.C11H8N.Ir/c1-33(2,3)23-18-20(17-19-9-4-5-10-21(19)23)30-31-22(15-16-35-30)28-32(38-31)37-27-14-8-13-26-29(27)34(28)24-11-6-7-12-25(24)36-26;1-5-10(6-2)12(14)9-13(15)11(7-3)8-4;1-2-6-10(7-3-1)11-8-4-5-9-12-11;/h4-15,18H,1-3H3;9-11,14H,5-8H2,1-4H3;1-6,8-9H;/q-2;;-1;+3/b;12-9-;;. The van der Waals surface area contributed by atoms with Crippen molar-refractivity contribution in [3.05, 3.63) is 163 Å². The maximum atomic E-state index is 11.7. The van der Waals surface area contributed by atoms with E-state index in [0.29, 0.717) is 0 Å². The number of ketones is 1. The van der Waals surface area contributed by atoms with E-state index in [4.69, 9.17) is 14.5 Å². The Morgan fingerprint density at radius 2 is 1.45 bits per heavy atom. The number of para-hydroxylation sites is 1. The molecule has 0 fully saturated rings. The van der Waals surface area contributed by atoms with Crippen LogP contribution in [0.3, 0.4) is 0 Å². The molecular weight excluding hydrogens is 1010 g/mol. The van der Waals surface area contributed by atoms with Gasteiger partial charge < -0.3 is 24.5 Å². The molecule has 3 aromatic heterocycles. The zero-order valence-electron chi connectivity index (χ0n) is 38.6. The Bertz CT molecular complexity index is 2940. The van der Waals surface area contributed by atoms with Gasteiger partial charge in [0, 0.05) is 29.6 Å². The largest absolute Gasteiger partial charge is 3.00 e. The number of nitrogens with zero attached hydrogens (tertiary/aromatic N) is 2. The van der Waals surface area contributed by atoms with Gasteiger partial charge in [-0.05, 0) is 76.9 Å². The van der Waals surface area contributed by atoms with Crippen molar-refractivity contribution in [2.24, 2.45) is 11.8 Å². The first-order chi connectivity index (χ1) is 31.5. The minimum absolute atomic E-state index is 0. The number of pyridine rings is 2. The fraction of sp³-hybridized carbons (Fsp3) is 0.246. The number of rotatable bonds is 9. The van der Waals surface area contributed by atoms with Crippen molar-refractivity contribution in [1.29, 1.82) is 0 Å². The van der Waals surface area contributed by atoms with Gasteiger partial charge in [0.05, 0.1) is 5.76 Å². The Kier molecular flexibility index (Phi) is 15.4. The number of hydrogen-bond acceptors (Lipinski definition) is 7. The molecule has 5 heterocycles. The summed E-state index contributed by atoms with van der Waals surface area (Å²) in [6, 6.07) is 47.6. The molecule has 0 saturated heterocycles. The summed E-state index contributed by atoms with van der Waals surface area (Å²) in [5, 5.41) is 14.1. The predicted molar refractivity (Wildman–Crippen MR) is 269 cm³/mol. The van der Waals surface area contributed by atoms with Crippen LogP contribution in [0.5, 0.6) is 22.3 Å². The second-order valence-electron chi connectivity index (χ2n) is 17.5. The Balaban J connectivity index is 0.000000191. The molecule has 6 nitrogen and oxygen atoms in total. The molecule has 10 rings (SSSR count). The second kappa shape index (κ2) is 21.2. The molecule has 0 amide bonds. The van der Waals surface area contributed by atoms with Gasteiger partial charge in [-0.1, -0.05) is 126 Å². The van der Waals surface area contributed by atoms with Gasteiger partial charge in [-0.15, -0.1) is 87.8 Å². The molecule has 334 valence electrons. The van der Waals surface area contributed by atoms with E-state index in [1.54, 1.807) is 17.5 Å². The van der Waals surface area contributed by atoms with Gasteiger partial charge in [-0.2, -0.15) is 0 Å². The molecule has 5 aromatic carbocycles. The van der Waals surface area contributed by atoms with Gasteiger partial charge in [0.2, 0.25) is 6.71 Å². The second-order valence-corrected chi connectivity index (χ2v) is 18.5. The number of fused-ring (bicyclic) bond motifs is 7. The summed E-state index contributed by atoms with van der Waals surface area (Å²) in [6.07, 6.45) is 9.91. The molecule has 0 bridgehead atoms. The van der Waals surface area contributed by atoms with Crippen LogP contribution in [0.15, 0.2) is 139 Å². The summed E-state index contributed by atoms with van der Waals surface area (Å²) < 4.78 is 14.0. The molecule has 0 radical (unpaired) electrons. The molecule has 9 heteroatoms. The van der Waals surface area contributed by atoms with E-state index in [1.165, 1.54) is 17.0 Å². The number of carbonyl (C=O) groups is 1. The van der Waals surface area contributed by atoms with Crippen molar-refractivity contribution in [3.8, 4) is 44.8 Å². The van der Waals surface area contributed by atoms with Gasteiger partial charge in [0.25, 0.3) is 0 Å². The van der Waals surface area contributed by atoms with E-state index in [9.17, 15) is 9.90 Å². The molecule has 1 N–H and O–H groups in total. The quantitative estimate of drug-likeness (QED) is 0.0671. The minimum atomic E-state index is -0.0251. The fourth-order valence-corrected chi connectivity index (χ4v) is 9.99. The Labute approximate surface area is 407 Å². The summed E-state index contributed by atoms with van der Waals surface area (Å²) in [7, 11) is 0. The van der Waals surface area contributed by atoms with E-state index in [2.05, 4.69) is 86.5 Å². The van der Waals surface area contributed by atoms with Crippen LogP contribution in [-0.2, 0) is 30.3 Å². The maximum Gasteiger partial charge on any atom is 3.00 e. The van der Waals surface area contributed by atoms with E-state index >= 15 is 0 Å². The number of ether oxygens (including phenoxy) is 2. The first-order valence-corrected chi connectivity index (χ1v) is 23.5. The SMILES string of the molecule is CC(C)(C)c1cc(-c2n[c-]cc3c4c(sc23)Oc2cccc3c2B4c2ccccc2O3)[c-]c2ccccc12.CCC(CC)C(=O)/C=C(\O)C(CC)CC.[Ir+3].[c-]1ccccc1-c1ccccn1. The number of aliphatic hydroxyl groups is 1. The molecule has 8 aromatic rings. The number of carbonyl (C=O) groups excluding carboxylic acids is 1. The summed E-state index contributed by atoms with van der Waals surface area (Å²) in [5.41, 5.74) is 8.56. The van der Waals surface area contributed by atoms with E-state index in [0.717, 1.165) is 102 Å². The molecule has 0 saturated carbocycles.